The smallest absolute Gasteiger partial charge is 0.308 e. The highest BCUT2D eigenvalue weighted by atomic mass is 16.4. The number of pyridine rings is 1. The molecule has 0 aromatic carbocycles. The summed E-state index contributed by atoms with van der Waals surface area (Å²) in [5, 5.41) is 9.58. The minimum absolute atomic E-state index is 0.155. The predicted molar refractivity (Wildman–Crippen MR) is 95.1 cm³/mol. The number of likely N-dealkylation sites (tertiary alicyclic amines) is 1. The van der Waals surface area contributed by atoms with Crippen molar-refractivity contribution in [1.82, 2.24) is 19.9 Å². The number of hydrogen-bond donors (Lipinski definition) is 1. The molecule has 3 heterocycles. The number of carbonyl (C=O) groups is 2. The summed E-state index contributed by atoms with van der Waals surface area (Å²) in [6.45, 7) is 2.24. The van der Waals surface area contributed by atoms with Gasteiger partial charge in [0.05, 0.1) is 17.2 Å². The van der Waals surface area contributed by atoms with Gasteiger partial charge in [0, 0.05) is 51.7 Å². The predicted octanol–water partition coefficient (Wildman–Crippen LogP) is 1.19. The number of rotatable bonds is 4. The molecule has 2 atom stereocenters. The van der Waals surface area contributed by atoms with Crippen molar-refractivity contribution >= 4 is 17.8 Å². The van der Waals surface area contributed by atoms with E-state index in [2.05, 4.69) is 15.0 Å². The molecule has 136 valence electrons. The molecule has 0 unspecified atom stereocenters. The summed E-state index contributed by atoms with van der Waals surface area (Å²) in [4.78, 5) is 40.5. The Hall–Kier alpha value is -3.03. The van der Waals surface area contributed by atoms with Crippen molar-refractivity contribution in [3.63, 3.8) is 0 Å². The van der Waals surface area contributed by atoms with Crippen LogP contribution in [-0.2, 0) is 4.79 Å². The van der Waals surface area contributed by atoms with Crippen molar-refractivity contribution in [3.05, 3.63) is 47.5 Å². The number of aliphatic carboxylic acids is 1. The van der Waals surface area contributed by atoms with Gasteiger partial charge in [0.1, 0.15) is 0 Å². The number of carboxylic acids is 1. The van der Waals surface area contributed by atoms with E-state index in [-0.39, 0.29) is 18.4 Å². The highest BCUT2D eigenvalue weighted by Crippen LogP contribution is 2.33. The van der Waals surface area contributed by atoms with Crippen LogP contribution < -0.4 is 4.90 Å². The molecule has 26 heavy (non-hydrogen) atoms. The number of aryl methyl sites for hydroxylation is 1. The number of hydrogen-bond acceptors (Lipinski definition) is 6. The third-order valence-corrected chi connectivity index (χ3v) is 4.63. The van der Waals surface area contributed by atoms with Crippen molar-refractivity contribution in [1.29, 1.82) is 0 Å². The number of carbonyl (C=O) groups excluding carboxylic acids is 1. The number of anilines is 1. The fraction of sp³-hybridized carbons (Fsp3) is 0.389. The van der Waals surface area contributed by atoms with Crippen LogP contribution in [0.1, 0.15) is 27.5 Å². The van der Waals surface area contributed by atoms with Gasteiger partial charge in [-0.2, -0.15) is 0 Å². The molecule has 1 amide bonds. The van der Waals surface area contributed by atoms with Crippen LogP contribution in [0.5, 0.6) is 0 Å². The fourth-order valence-corrected chi connectivity index (χ4v) is 3.20. The average Bonchev–Trinajstić information content (AvgIpc) is 3.07. The Balaban J connectivity index is 1.86. The minimum Gasteiger partial charge on any atom is -0.481 e. The van der Waals surface area contributed by atoms with Gasteiger partial charge in [-0.3, -0.25) is 14.6 Å². The molecule has 2 aromatic rings. The van der Waals surface area contributed by atoms with Crippen molar-refractivity contribution in [2.45, 2.75) is 12.8 Å². The van der Waals surface area contributed by atoms with Gasteiger partial charge < -0.3 is 14.9 Å². The van der Waals surface area contributed by atoms with Crippen LogP contribution in [0.2, 0.25) is 0 Å². The molecule has 8 heteroatoms. The zero-order chi connectivity index (χ0) is 18.8. The highest BCUT2D eigenvalue weighted by molar-refractivity contribution is 5.95. The molecule has 0 radical (unpaired) electrons. The maximum Gasteiger partial charge on any atom is 0.308 e. The molecule has 1 aliphatic heterocycles. The van der Waals surface area contributed by atoms with Crippen LogP contribution in [-0.4, -0.2) is 64.0 Å². The third kappa shape index (κ3) is 3.35. The van der Waals surface area contributed by atoms with E-state index < -0.39 is 11.9 Å². The Labute approximate surface area is 151 Å². The molecule has 0 bridgehead atoms. The second-order valence-corrected chi connectivity index (χ2v) is 6.61. The number of amides is 1. The van der Waals surface area contributed by atoms with E-state index in [0.717, 1.165) is 5.56 Å². The largest absolute Gasteiger partial charge is 0.481 e. The summed E-state index contributed by atoms with van der Waals surface area (Å²) in [5.41, 5.74) is 1.79. The minimum atomic E-state index is -0.912. The summed E-state index contributed by atoms with van der Waals surface area (Å²) in [6.07, 6.45) is 4.81. The van der Waals surface area contributed by atoms with Crippen LogP contribution in [0.15, 0.2) is 30.7 Å². The summed E-state index contributed by atoms with van der Waals surface area (Å²) >= 11 is 0. The van der Waals surface area contributed by atoms with Gasteiger partial charge in [0.2, 0.25) is 5.95 Å². The summed E-state index contributed by atoms with van der Waals surface area (Å²) in [7, 11) is 3.65. The number of nitrogens with zero attached hydrogens (tertiary/aromatic N) is 5. The lowest BCUT2D eigenvalue weighted by atomic mass is 9.90. The average molecular weight is 355 g/mol. The molecule has 8 nitrogen and oxygen atoms in total. The standard InChI is InChI=1S/C18H21N5O3/c1-11-13(8-20-18(21-11)22(2)3)16(24)23-9-14(15(10-23)17(25)26)12-5-4-6-19-7-12/h4-8,14-15H,9-10H2,1-3H3,(H,25,26)/t14-,15+/m0/s1. The quantitative estimate of drug-likeness (QED) is 0.879. The van der Waals surface area contributed by atoms with E-state index in [9.17, 15) is 14.7 Å². The first-order chi connectivity index (χ1) is 12.4. The fourth-order valence-electron chi connectivity index (χ4n) is 3.20. The summed E-state index contributed by atoms with van der Waals surface area (Å²) in [5.74, 6) is -1.58. The molecule has 1 fully saturated rings. The molecule has 1 N–H and O–H groups in total. The second-order valence-electron chi connectivity index (χ2n) is 6.61. The molecule has 2 aromatic heterocycles. The lowest BCUT2D eigenvalue weighted by Gasteiger charge is -2.18. The SMILES string of the molecule is Cc1nc(N(C)C)ncc1C(=O)N1C[C@@H](C(=O)O)[C@H](c2cccnc2)C1. The number of carboxylic acid groups (broad SMARTS) is 1. The van der Waals surface area contributed by atoms with Crippen LogP contribution in [0.4, 0.5) is 5.95 Å². The maximum absolute atomic E-state index is 12.9. The third-order valence-electron chi connectivity index (χ3n) is 4.63. The summed E-state index contributed by atoms with van der Waals surface area (Å²) in [6, 6.07) is 3.62. The van der Waals surface area contributed by atoms with Gasteiger partial charge in [-0.05, 0) is 18.6 Å². The van der Waals surface area contributed by atoms with E-state index in [4.69, 9.17) is 0 Å². The normalized spacial score (nSPS) is 19.4. The molecule has 3 rings (SSSR count). The lowest BCUT2D eigenvalue weighted by molar-refractivity contribution is -0.141. The van der Waals surface area contributed by atoms with Crippen LogP contribution in [0.25, 0.3) is 0 Å². The van der Waals surface area contributed by atoms with Crippen molar-refractivity contribution in [2.24, 2.45) is 5.92 Å². The molecule has 1 saturated heterocycles. The van der Waals surface area contributed by atoms with Gasteiger partial charge in [-0.15, -0.1) is 0 Å². The molecular formula is C18H21N5O3. The van der Waals surface area contributed by atoms with E-state index in [1.807, 2.05) is 20.2 Å². The van der Waals surface area contributed by atoms with E-state index >= 15 is 0 Å². The molecular weight excluding hydrogens is 334 g/mol. The first-order valence-corrected chi connectivity index (χ1v) is 8.31. The molecule has 0 saturated carbocycles. The van der Waals surface area contributed by atoms with Crippen molar-refractivity contribution in [2.75, 3.05) is 32.1 Å². The highest BCUT2D eigenvalue weighted by Gasteiger charge is 2.41. The maximum atomic E-state index is 12.9. The van der Waals surface area contributed by atoms with Gasteiger partial charge >= 0.3 is 5.97 Å². The number of aromatic nitrogens is 3. The Bertz CT molecular complexity index is 825. The first-order valence-electron chi connectivity index (χ1n) is 8.31. The Morgan fingerprint density at radius 1 is 1.27 bits per heavy atom. The first kappa shape index (κ1) is 17.8. The van der Waals surface area contributed by atoms with Gasteiger partial charge in [0.25, 0.3) is 5.91 Å². The molecule has 1 aliphatic rings. The van der Waals surface area contributed by atoms with Crippen molar-refractivity contribution < 1.29 is 14.7 Å². The van der Waals surface area contributed by atoms with Crippen molar-refractivity contribution in [3.8, 4) is 0 Å². The Morgan fingerprint density at radius 3 is 2.62 bits per heavy atom. The second kappa shape index (κ2) is 7.07. The van der Waals surface area contributed by atoms with Crippen LogP contribution in [0.3, 0.4) is 0 Å². The molecule has 0 aliphatic carbocycles. The monoisotopic (exact) mass is 355 g/mol. The van der Waals surface area contributed by atoms with E-state index in [1.54, 1.807) is 35.2 Å². The zero-order valence-corrected chi connectivity index (χ0v) is 15.0. The van der Waals surface area contributed by atoms with Gasteiger partial charge in [-0.1, -0.05) is 6.07 Å². The van der Waals surface area contributed by atoms with Crippen LogP contribution in [0, 0.1) is 12.8 Å². The van der Waals surface area contributed by atoms with Crippen LogP contribution >= 0.6 is 0 Å². The molecule has 0 spiro atoms. The zero-order valence-electron chi connectivity index (χ0n) is 15.0. The van der Waals surface area contributed by atoms with E-state index in [1.165, 1.54) is 6.20 Å². The van der Waals surface area contributed by atoms with E-state index in [0.29, 0.717) is 23.8 Å². The summed E-state index contributed by atoms with van der Waals surface area (Å²) < 4.78 is 0. The Kier molecular flexibility index (Phi) is 4.83. The Morgan fingerprint density at radius 2 is 2.04 bits per heavy atom. The topological polar surface area (TPSA) is 99.5 Å². The van der Waals surface area contributed by atoms with Gasteiger partial charge in [-0.25, -0.2) is 9.97 Å². The lowest BCUT2D eigenvalue weighted by Crippen LogP contribution is -2.31. The van der Waals surface area contributed by atoms with Gasteiger partial charge in [0.15, 0.2) is 0 Å².